The molecule has 0 aromatic heterocycles. The molecule has 0 unspecified atom stereocenters. The molecule has 0 radical (unpaired) electrons. The molecule has 0 atom stereocenters. The molecule has 0 fully saturated rings. The van der Waals surface area contributed by atoms with Crippen molar-refractivity contribution in [2.45, 2.75) is 65.2 Å². The van der Waals surface area contributed by atoms with Crippen LogP contribution in [-0.2, 0) is 19.2 Å². The molecule has 34 heavy (non-hydrogen) atoms. The first kappa shape index (κ1) is 26.6. The van der Waals surface area contributed by atoms with Crippen molar-refractivity contribution >= 4 is 46.4 Å². The Hall–Kier alpha value is -3.68. The summed E-state index contributed by atoms with van der Waals surface area (Å²) in [5.74, 6) is -0.305. The number of hydrogen-bond acceptors (Lipinski definition) is 4. The maximum Gasteiger partial charge on any atom is 0.224 e. The van der Waals surface area contributed by atoms with E-state index in [1.54, 1.807) is 48.5 Å². The zero-order chi connectivity index (χ0) is 24.8. The van der Waals surface area contributed by atoms with E-state index in [-0.39, 0.29) is 23.6 Å². The molecule has 8 nitrogen and oxygen atoms in total. The molecule has 0 spiro atoms. The van der Waals surface area contributed by atoms with Crippen molar-refractivity contribution in [2.75, 3.05) is 21.3 Å². The third-order valence-electron chi connectivity index (χ3n) is 5.04. The largest absolute Gasteiger partial charge is 0.326 e. The van der Waals surface area contributed by atoms with Crippen LogP contribution in [0.2, 0.25) is 0 Å². The summed E-state index contributed by atoms with van der Waals surface area (Å²) in [4.78, 5) is 46.2. The van der Waals surface area contributed by atoms with Crippen LogP contribution in [0.25, 0.3) is 0 Å². The molecule has 8 heteroatoms. The van der Waals surface area contributed by atoms with Crippen LogP contribution < -0.4 is 21.3 Å². The summed E-state index contributed by atoms with van der Waals surface area (Å²) < 4.78 is 0. The average molecular weight is 467 g/mol. The van der Waals surface area contributed by atoms with Gasteiger partial charge in [-0.2, -0.15) is 0 Å². The SMILES string of the molecule is CC(=O)Nc1ccc(NC(=O)CCCCCCCCC(=O)Nc2ccc(NC(C)=O)cc2)cc1. The number of carbonyl (C=O) groups is 4. The summed E-state index contributed by atoms with van der Waals surface area (Å²) in [6.07, 6.45) is 6.60. The third-order valence-corrected chi connectivity index (χ3v) is 5.04. The molecule has 0 aliphatic heterocycles. The molecule has 2 aromatic rings. The molecular formula is C26H34N4O4. The van der Waals surface area contributed by atoms with E-state index < -0.39 is 0 Å². The molecule has 0 aliphatic carbocycles. The lowest BCUT2D eigenvalue weighted by atomic mass is 10.1. The van der Waals surface area contributed by atoms with E-state index >= 15 is 0 Å². The normalized spacial score (nSPS) is 10.3. The first-order valence-electron chi connectivity index (χ1n) is 11.7. The van der Waals surface area contributed by atoms with Crippen LogP contribution >= 0.6 is 0 Å². The van der Waals surface area contributed by atoms with Gasteiger partial charge in [0.25, 0.3) is 0 Å². The molecule has 0 heterocycles. The lowest BCUT2D eigenvalue weighted by Gasteiger charge is -2.08. The number of hydrogen-bond donors (Lipinski definition) is 4. The first-order chi connectivity index (χ1) is 16.3. The summed E-state index contributed by atoms with van der Waals surface area (Å²) in [5.41, 5.74) is 2.81. The fraction of sp³-hybridized carbons (Fsp3) is 0.385. The van der Waals surface area contributed by atoms with Crippen molar-refractivity contribution in [3.05, 3.63) is 48.5 Å². The van der Waals surface area contributed by atoms with Gasteiger partial charge in [-0.1, -0.05) is 25.7 Å². The predicted octanol–water partition coefficient (Wildman–Crippen LogP) is 5.30. The van der Waals surface area contributed by atoms with Crippen molar-refractivity contribution in [1.82, 2.24) is 0 Å². The van der Waals surface area contributed by atoms with Crippen LogP contribution in [0.1, 0.15) is 65.2 Å². The van der Waals surface area contributed by atoms with Crippen LogP contribution in [0, 0.1) is 0 Å². The number of rotatable bonds is 13. The Labute approximate surface area is 200 Å². The first-order valence-corrected chi connectivity index (χ1v) is 11.7. The molecule has 2 rings (SSSR count). The smallest absolute Gasteiger partial charge is 0.224 e. The average Bonchev–Trinajstić information content (AvgIpc) is 2.77. The van der Waals surface area contributed by atoms with Gasteiger partial charge in [-0.05, 0) is 61.4 Å². The Morgan fingerprint density at radius 3 is 1.03 bits per heavy atom. The molecule has 4 N–H and O–H groups in total. The molecule has 0 saturated heterocycles. The minimum absolute atomic E-state index is 0.0194. The van der Waals surface area contributed by atoms with Gasteiger partial charge in [0.15, 0.2) is 0 Å². The molecule has 4 amide bonds. The Balaban J connectivity index is 1.49. The Kier molecular flexibility index (Phi) is 11.3. The fourth-order valence-corrected chi connectivity index (χ4v) is 3.41. The van der Waals surface area contributed by atoms with Crippen LogP contribution in [0.15, 0.2) is 48.5 Å². The lowest BCUT2D eigenvalue weighted by Crippen LogP contribution is -2.11. The summed E-state index contributed by atoms with van der Waals surface area (Å²) in [5, 5.41) is 11.1. The van der Waals surface area contributed by atoms with Crippen molar-refractivity contribution in [2.24, 2.45) is 0 Å². The molecule has 0 saturated carbocycles. The van der Waals surface area contributed by atoms with Gasteiger partial charge in [-0.25, -0.2) is 0 Å². The minimum Gasteiger partial charge on any atom is -0.326 e. The van der Waals surface area contributed by atoms with Gasteiger partial charge >= 0.3 is 0 Å². The van der Waals surface area contributed by atoms with Crippen molar-refractivity contribution in [1.29, 1.82) is 0 Å². The standard InChI is InChI=1S/C26H34N4O4/c1-19(31)27-21-11-15-23(16-12-21)29-25(33)9-7-5-3-4-6-8-10-26(34)30-24-17-13-22(14-18-24)28-20(2)32/h11-18H,3-10H2,1-2H3,(H,27,31)(H,28,32)(H,29,33)(H,30,34). The second-order valence-electron chi connectivity index (χ2n) is 8.23. The highest BCUT2D eigenvalue weighted by Crippen LogP contribution is 2.16. The van der Waals surface area contributed by atoms with Gasteiger partial charge < -0.3 is 21.3 Å². The fourth-order valence-electron chi connectivity index (χ4n) is 3.41. The van der Waals surface area contributed by atoms with E-state index in [1.165, 1.54) is 13.8 Å². The summed E-state index contributed by atoms with van der Waals surface area (Å²) in [6.45, 7) is 2.90. The zero-order valence-electron chi connectivity index (χ0n) is 19.9. The van der Waals surface area contributed by atoms with Crippen molar-refractivity contribution in [3.63, 3.8) is 0 Å². The van der Waals surface area contributed by atoms with Crippen LogP contribution in [0.3, 0.4) is 0 Å². The molecular weight excluding hydrogens is 432 g/mol. The van der Waals surface area contributed by atoms with Crippen LogP contribution in [0.5, 0.6) is 0 Å². The zero-order valence-corrected chi connectivity index (χ0v) is 19.9. The van der Waals surface area contributed by atoms with Crippen LogP contribution in [-0.4, -0.2) is 23.6 Å². The monoisotopic (exact) mass is 466 g/mol. The highest BCUT2D eigenvalue weighted by Gasteiger charge is 2.05. The Morgan fingerprint density at radius 1 is 0.471 bits per heavy atom. The summed E-state index contributed by atoms with van der Waals surface area (Å²) in [6, 6.07) is 14.1. The van der Waals surface area contributed by atoms with E-state index in [0.717, 1.165) is 38.5 Å². The van der Waals surface area contributed by atoms with E-state index in [0.29, 0.717) is 35.6 Å². The maximum absolute atomic E-state index is 12.1. The topological polar surface area (TPSA) is 116 Å². The number of anilines is 4. The number of unbranched alkanes of at least 4 members (excludes halogenated alkanes) is 5. The van der Waals surface area contributed by atoms with Gasteiger partial charge in [-0.15, -0.1) is 0 Å². The summed E-state index contributed by atoms with van der Waals surface area (Å²) >= 11 is 0. The second-order valence-corrected chi connectivity index (χ2v) is 8.23. The molecule has 182 valence electrons. The quantitative estimate of drug-likeness (QED) is 0.300. The molecule has 0 bridgehead atoms. The number of amides is 4. The third kappa shape index (κ3) is 11.3. The Bertz CT molecular complexity index is 876. The maximum atomic E-state index is 12.1. The summed E-state index contributed by atoms with van der Waals surface area (Å²) in [7, 11) is 0. The number of benzene rings is 2. The lowest BCUT2D eigenvalue weighted by molar-refractivity contribution is -0.117. The predicted molar refractivity (Wildman–Crippen MR) is 136 cm³/mol. The van der Waals surface area contributed by atoms with Crippen LogP contribution in [0.4, 0.5) is 22.7 Å². The van der Waals surface area contributed by atoms with E-state index in [9.17, 15) is 19.2 Å². The number of carbonyl (C=O) groups excluding carboxylic acids is 4. The van der Waals surface area contributed by atoms with Gasteiger partial charge in [0.1, 0.15) is 0 Å². The van der Waals surface area contributed by atoms with Gasteiger partial charge in [-0.3, -0.25) is 19.2 Å². The second kappa shape index (κ2) is 14.5. The highest BCUT2D eigenvalue weighted by atomic mass is 16.2. The van der Waals surface area contributed by atoms with Gasteiger partial charge in [0, 0.05) is 49.4 Å². The Morgan fingerprint density at radius 2 is 0.735 bits per heavy atom. The van der Waals surface area contributed by atoms with Gasteiger partial charge in [0.05, 0.1) is 0 Å². The van der Waals surface area contributed by atoms with Gasteiger partial charge in [0.2, 0.25) is 23.6 Å². The number of nitrogens with one attached hydrogen (secondary N) is 4. The highest BCUT2D eigenvalue weighted by molar-refractivity contribution is 5.93. The molecule has 2 aromatic carbocycles. The van der Waals surface area contributed by atoms with E-state index in [1.807, 2.05) is 0 Å². The van der Waals surface area contributed by atoms with E-state index in [4.69, 9.17) is 0 Å². The van der Waals surface area contributed by atoms with Crippen molar-refractivity contribution < 1.29 is 19.2 Å². The minimum atomic E-state index is -0.133. The molecule has 0 aliphatic rings. The van der Waals surface area contributed by atoms with Crippen molar-refractivity contribution in [3.8, 4) is 0 Å². The van der Waals surface area contributed by atoms with E-state index in [2.05, 4.69) is 21.3 Å².